The van der Waals surface area contributed by atoms with E-state index in [1.54, 1.807) is 0 Å². The van der Waals surface area contributed by atoms with Gasteiger partial charge in [0, 0.05) is 12.8 Å². The summed E-state index contributed by atoms with van der Waals surface area (Å²) in [5.74, 6) is 0. The largest absolute Gasteiger partial charge is 0.446 e. The van der Waals surface area contributed by atoms with Gasteiger partial charge >= 0.3 is 0 Å². The summed E-state index contributed by atoms with van der Waals surface area (Å²) >= 11 is 0. The van der Waals surface area contributed by atoms with E-state index in [0.29, 0.717) is 32.2 Å². The first kappa shape index (κ1) is 8.49. The Morgan fingerprint density at radius 2 is 2.09 bits per heavy atom. The Morgan fingerprint density at radius 3 is 2.55 bits per heavy atom. The Balaban J connectivity index is 2.41. The van der Waals surface area contributed by atoms with Gasteiger partial charge < -0.3 is 9.84 Å². The van der Waals surface area contributed by atoms with Gasteiger partial charge in [-0.3, -0.25) is 10.5 Å². The Bertz CT molecular complexity index is 141. The molecule has 1 aliphatic carbocycles. The van der Waals surface area contributed by atoms with Crippen LogP contribution < -0.4 is 5.73 Å². The zero-order valence-electron chi connectivity index (χ0n) is 6.32. The highest BCUT2D eigenvalue weighted by atomic mass is 16.5. The predicted molar refractivity (Wildman–Crippen MR) is 38.5 cm³/mol. The lowest BCUT2D eigenvalue weighted by Gasteiger charge is -2.33. The molecule has 11 heavy (non-hydrogen) atoms. The van der Waals surface area contributed by atoms with Crippen molar-refractivity contribution in [1.82, 2.24) is 0 Å². The average molecular weight is 159 g/mol. The summed E-state index contributed by atoms with van der Waals surface area (Å²) in [6.45, 7) is 0.373. The third-order valence-electron chi connectivity index (χ3n) is 2.08. The molecule has 0 aliphatic heterocycles. The average Bonchev–Trinajstić information content (AvgIpc) is 1.97. The smallest absolute Gasteiger partial charge is 0.294 e. The van der Waals surface area contributed by atoms with E-state index in [0.717, 1.165) is 0 Å². The number of carbonyl (C=O) groups is 1. The molecule has 64 valence electrons. The van der Waals surface area contributed by atoms with E-state index >= 15 is 0 Å². The maximum Gasteiger partial charge on any atom is 0.294 e. The maximum atomic E-state index is 10.00. The van der Waals surface area contributed by atoms with Crippen LogP contribution in [0.2, 0.25) is 0 Å². The first-order valence-corrected chi connectivity index (χ1v) is 3.75. The molecule has 0 aromatic carbocycles. The van der Waals surface area contributed by atoms with Crippen molar-refractivity contribution in [3.8, 4) is 0 Å². The first-order chi connectivity index (χ1) is 5.16. The molecule has 3 N–H and O–H groups in total. The molecule has 1 fully saturated rings. The van der Waals surface area contributed by atoms with Gasteiger partial charge in [0.1, 0.15) is 0 Å². The number of hydrogen-bond donors (Lipinski definition) is 2. The molecular formula is C7H13NO3. The zero-order chi connectivity index (χ0) is 8.32. The van der Waals surface area contributed by atoms with Gasteiger partial charge in [0.2, 0.25) is 0 Å². The molecule has 0 spiro atoms. The fraction of sp³-hybridized carbons (Fsp3) is 0.857. The molecule has 1 rings (SSSR count). The zero-order valence-corrected chi connectivity index (χ0v) is 6.32. The van der Waals surface area contributed by atoms with Crippen LogP contribution in [-0.4, -0.2) is 23.4 Å². The van der Waals surface area contributed by atoms with Crippen molar-refractivity contribution in [2.75, 3.05) is 0 Å². The molecule has 0 amide bonds. The number of hydrogen-bond acceptors (Lipinski definition) is 4. The minimum Gasteiger partial charge on any atom is -0.446 e. The molecule has 4 heteroatoms. The van der Waals surface area contributed by atoms with Crippen molar-refractivity contribution in [1.29, 1.82) is 0 Å². The van der Waals surface area contributed by atoms with Crippen LogP contribution in [0.3, 0.4) is 0 Å². The first-order valence-electron chi connectivity index (χ1n) is 3.75. The molecule has 1 aliphatic rings. The van der Waals surface area contributed by atoms with E-state index in [2.05, 4.69) is 0 Å². The van der Waals surface area contributed by atoms with Crippen molar-refractivity contribution in [3.05, 3.63) is 0 Å². The number of aliphatic hydroxyl groups is 1. The quantitative estimate of drug-likeness (QED) is 0.430. The van der Waals surface area contributed by atoms with E-state index in [-0.39, 0.29) is 6.10 Å². The molecule has 0 atom stereocenters. The van der Waals surface area contributed by atoms with Crippen molar-refractivity contribution >= 4 is 6.47 Å². The lowest BCUT2D eigenvalue weighted by molar-refractivity contribution is -0.148. The van der Waals surface area contributed by atoms with Crippen molar-refractivity contribution in [2.45, 2.75) is 37.5 Å². The molecule has 0 bridgehead atoms. The number of aliphatic hydroxyl groups excluding tert-OH is 1. The van der Waals surface area contributed by atoms with Crippen LogP contribution in [0.15, 0.2) is 0 Å². The topological polar surface area (TPSA) is 72.5 Å². The second-order valence-corrected chi connectivity index (χ2v) is 3.01. The lowest BCUT2D eigenvalue weighted by atomic mass is 9.90. The minimum absolute atomic E-state index is 0.276. The molecule has 0 radical (unpaired) electrons. The molecular weight excluding hydrogens is 146 g/mol. The highest BCUT2D eigenvalue weighted by molar-refractivity contribution is 5.38. The Hall–Kier alpha value is -0.610. The van der Waals surface area contributed by atoms with Crippen molar-refractivity contribution < 1.29 is 14.6 Å². The van der Waals surface area contributed by atoms with E-state index in [4.69, 9.17) is 15.6 Å². The van der Waals surface area contributed by atoms with Gasteiger partial charge in [0.25, 0.3) is 6.47 Å². The normalized spacial score (nSPS) is 38.2. The van der Waals surface area contributed by atoms with Gasteiger partial charge in [-0.1, -0.05) is 0 Å². The standard InChI is InChI=1S/C7H13NO3/c8-7(11-5-9)3-1-6(10)2-4-7/h5-6,10H,1-4,8H2. The van der Waals surface area contributed by atoms with Crippen molar-refractivity contribution in [3.63, 3.8) is 0 Å². The third kappa shape index (κ3) is 2.17. The molecule has 0 aromatic heterocycles. The number of ether oxygens (including phenoxy) is 1. The highest BCUT2D eigenvalue weighted by Gasteiger charge is 2.32. The number of nitrogens with two attached hydrogens (primary N) is 1. The molecule has 4 nitrogen and oxygen atoms in total. The summed E-state index contributed by atoms with van der Waals surface area (Å²) in [5.41, 5.74) is 4.85. The summed E-state index contributed by atoms with van der Waals surface area (Å²) in [7, 11) is 0. The van der Waals surface area contributed by atoms with Gasteiger partial charge in [0.15, 0.2) is 5.72 Å². The van der Waals surface area contributed by atoms with Gasteiger partial charge in [-0.2, -0.15) is 0 Å². The predicted octanol–water partition coefficient (Wildman–Crippen LogP) is -0.251. The monoisotopic (exact) mass is 159 g/mol. The van der Waals surface area contributed by atoms with Gasteiger partial charge in [-0.25, -0.2) is 0 Å². The van der Waals surface area contributed by atoms with Gasteiger partial charge in [0.05, 0.1) is 6.10 Å². The van der Waals surface area contributed by atoms with Crippen LogP contribution in [-0.2, 0) is 9.53 Å². The second-order valence-electron chi connectivity index (χ2n) is 3.01. The molecule has 0 aromatic rings. The van der Waals surface area contributed by atoms with E-state index in [9.17, 15) is 4.79 Å². The summed E-state index contributed by atoms with van der Waals surface area (Å²) < 4.78 is 4.70. The van der Waals surface area contributed by atoms with Crippen LogP contribution in [0.5, 0.6) is 0 Å². The fourth-order valence-electron chi connectivity index (χ4n) is 1.30. The molecule has 0 heterocycles. The fourth-order valence-corrected chi connectivity index (χ4v) is 1.30. The molecule has 0 unspecified atom stereocenters. The van der Waals surface area contributed by atoms with E-state index in [1.807, 2.05) is 0 Å². The van der Waals surface area contributed by atoms with Crippen LogP contribution in [0.4, 0.5) is 0 Å². The minimum atomic E-state index is -0.818. The van der Waals surface area contributed by atoms with Crippen LogP contribution >= 0.6 is 0 Å². The Labute approximate surface area is 65.3 Å². The van der Waals surface area contributed by atoms with Crippen LogP contribution in [0.25, 0.3) is 0 Å². The summed E-state index contributed by atoms with van der Waals surface area (Å²) in [6, 6.07) is 0. The van der Waals surface area contributed by atoms with E-state index in [1.165, 1.54) is 0 Å². The van der Waals surface area contributed by atoms with Crippen LogP contribution in [0.1, 0.15) is 25.7 Å². The summed E-state index contributed by atoms with van der Waals surface area (Å²) in [6.07, 6.45) is 2.05. The Morgan fingerprint density at radius 1 is 1.55 bits per heavy atom. The maximum absolute atomic E-state index is 10.00. The van der Waals surface area contributed by atoms with Gasteiger partial charge in [-0.05, 0) is 12.8 Å². The SMILES string of the molecule is NC1(OC=O)CCC(O)CC1. The number of rotatable bonds is 2. The second kappa shape index (κ2) is 3.19. The lowest BCUT2D eigenvalue weighted by Crippen LogP contribution is -2.46. The van der Waals surface area contributed by atoms with Crippen LogP contribution in [0, 0.1) is 0 Å². The third-order valence-corrected chi connectivity index (χ3v) is 2.08. The highest BCUT2D eigenvalue weighted by Crippen LogP contribution is 2.26. The number of carbonyl (C=O) groups excluding carboxylic acids is 1. The van der Waals surface area contributed by atoms with E-state index < -0.39 is 5.72 Å². The Kier molecular flexibility index (Phi) is 2.46. The summed E-state index contributed by atoms with van der Waals surface area (Å²) in [4.78, 5) is 10.00. The molecule has 0 saturated heterocycles. The van der Waals surface area contributed by atoms with Crippen molar-refractivity contribution in [2.24, 2.45) is 5.73 Å². The molecule has 1 saturated carbocycles. The van der Waals surface area contributed by atoms with Gasteiger partial charge in [-0.15, -0.1) is 0 Å². The summed E-state index contributed by atoms with van der Waals surface area (Å²) in [5, 5.41) is 9.11.